The Morgan fingerprint density at radius 2 is 1.86 bits per heavy atom. The molecular formula is C18H14Cl3N3O3S. The van der Waals surface area contributed by atoms with Crippen molar-refractivity contribution in [2.45, 2.75) is 11.4 Å². The van der Waals surface area contributed by atoms with Gasteiger partial charge in [0, 0.05) is 17.9 Å². The van der Waals surface area contributed by atoms with Crippen LogP contribution in [0.1, 0.15) is 15.9 Å². The van der Waals surface area contributed by atoms with Crippen LogP contribution in [0.5, 0.6) is 0 Å². The first kappa shape index (κ1) is 20.7. The average Bonchev–Trinajstić information content (AvgIpc) is 3.05. The Bertz CT molecular complexity index is 1160. The van der Waals surface area contributed by atoms with Crippen molar-refractivity contribution in [3.8, 4) is 0 Å². The summed E-state index contributed by atoms with van der Waals surface area (Å²) in [6.07, 6.45) is 2.55. The van der Waals surface area contributed by atoms with Gasteiger partial charge in [0.1, 0.15) is 5.82 Å². The number of rotatable bonds is 5. The first-order chi connectivity index (χ1) is 13.2. The van der Waals surface area contributed by atoms with Crippen molar-refractivity contribution in [1.29, 1.82) is 0 Å². The van der Waals surface area contributed by atoms with Crippen molar-refractivity contribution in [2.75, 3.05) is 11.6 Å². The fourth-order valence-electron chi connectivity index (χ4n) is 2.51. The van der Waals surface area contributed by atoms with Gasteiger partial charge in [0.25, 0.3) is 5.91 Å². The van der Waals surface area contributed by atoms with Crippen molar-refractivity contribution >= 4 is 56.4 Å². The first-order valence-electron chi connectivity index (χ1n) is 7.92. The second-order valence-corrected chi connectivity index (χ2v) is 9.14. The maximum atomic E-state index is 12.6. The van der Waals surface area contributed by atoms with Gasteiger partial charge in [-0.3, -0.25) is 4.79 Å². The standard InChI is InChI=1S/C18H14Cl3N3O3S/c1-28(26,27)15-9-11(5-6-13(15)19)18(25)23-16-7-8-22-24(16)10-12-3-2-4-14(20)17(12)21/h2-9H,10H2,1H3,(H,23,25). The van der Waals surface area contributed by atoms with Crippen LogP contribution in [-0.4, -0.2) is 30.4 Å². The highest BCUT2D eigenvalue weighted by molar-refractivity contribution is 7.90. The van der Waals surface area contributed by atoms with E-state index in [1.807, 2.05) is 0 Å². The number of nitrogens with one attached hydrogen (secondary N) is 1. The highest BCUT2D eigenvalue weighted by atomic mass is 35.5. The third-order valence-corrected chi connectivity index (χ3v) is 6.34. The van der Waals surface area contributed by atoms with Crippen molar-refractivity contribution < 1.29 is 13.2 Å². The molecule has 0 saturated carbocycles. The Kier molecular flexibility index (Phi) is 6.00. The van der Waals surface area contributed by atoms with Crippen LogP contribution in [0.4, 0.5) is 5.82 Å². The summed E-state index contributed by atoms with van der Waals surface area (Å²) in [7, 11) is -3.57. The number of sulfone groups is 1. The summed E-state index contributed by atoms with van der Waals surface area (Å²) in [6, 6.07) is 10.9. The molecule has 0 fully saturated rings. The van der Waals surface area contributed by atoms with E-state index in [9.17, 15) is 13.2 Å². The van der Waals surface area contributed by atoms with E-state index < -0.39 is 15.7 Å². The second kappa shape index (κ2) is 8.13. The Morgan fingerprint density at radius 1 is 1.11 bits per heavy atom. The number of hydrogen-bond donors (Lipinski definition) is 1. The average molecular weight is 459 g/mol. The minimum atomic E-state index is -3.57. The van der Waals surface area contributed by atoms with E-state index >= 15 is 0 Å². The lowest BCUT2D eigenvalue weighted by Crippen LogP contribution is -2.17. The summed E-state index contributed by atoms with van der Waals surface area (Å²) in [6.45, 7) is 0.289. The quantitative estimate of drug-likeness (QED) is 0.608. The van der Waals surface area contributed by atoms with Gasteiger partial charge in [-0.25, -0.2) is 13.1 Å². The SMILES string of the molecule is CS(=O)(=O)c1cc(C(=O)Nc2ccnn2Cc2cccc(Cl)c2Cl)ccc1Cl. The normalized spacial score (nSPS) is 11.4. The number of carbonyl (C=O) groups is 1. The van der Waals surface area contributed by atoms with E-state index in [1.54, 1.807) is 28.9 Å². The second-order valence-electron chi connectivity index (χ2n) is 5.96. The van der Waals surface area contributed by atoms with Crippen molar-refractivity contribution in [1.82, 2.24) is 9.78 Å². The number of amides is 1. The van der Waals surface area contributed by atoms with E-state index in [0.717, 1.165) is 11.8 Å². The summed E-state index contributed by atoms with van der Waals surface area (Å²) in [5.74, 6) is -0.0857. The molecule has 1 N–H and O–H groups in total. The molecule has 0 saturated heterocycles. The molecule has 0 aliphatic carbocycles. The summed E-state index contributed by atoms with van der Waals surface area (Å²) in [4.78, 5) is 12.5. The molecule has 1 heterocycles. The first-order valence-corrected chi connectivity index (χ1v) is 10.9. The van der Waals surface area contributed by atoms with Gasteiger partial charge in [-0.15, -0.1) is 0 Å². The van der Waals surface area contributed by atoms with Crippen LogP contribution in [0.3, 0.4) is 0 Å². The number of carbonyl (C=O) groups excluding carboxylic acids is 1. The van der Waals surface area contributed by atoms with Gasteiger partial charge in [0.05, 0.1) is 32.7 Å². The zero-order chi connectivity index (χ0) is 20.5. The number of benzene rings is 2. The number of nitrogens with zero attached hydrogens (tertiary/aromatic N) is 2. The maximum absolute atomic E-state index is 12.6. The molecule has 0 radical (unpaired) electrons. The number of halogens is 3. The third-order valence-electron chi connectivity index (χ3n) is 3.90. The van der Waals surface area contributed by atoms with Gasteiger partial charge in [0.2, 0.25) is 0 Å². The topological polar surface area (TPSA) is 81.1 Å². The predicted molar refractivity (Wildman–Crippen MR) is 110 cm³/mol. The predicted octanol–water partition coefficient (Wildman–Crippen LogP) is 4.55. The monoisotopic (exact) mass is 457 g/mol. The molecule has 3 aromatic rings. The molecule has 0 spiro atoms. The highest BCUT2D eigenvalue weighted by Crippen LogP contribution is 2.27. The Balaban J connectivity index is 1.85. The number of aromatic nitrogens is 2. The van der Waals surface area contributed by atoms with Gasteiger partial charge in [0.15, 0.2) is 9.84 Å². The molecule has 1 aromatic heterocycles. The summed E-state index contributed by atoms with van der Waals surface area (Å²) < 4.78 is 25.2. The maximum Gasteiger partial charge on any atom is 0.256 e. The lowest BCUT2D eigenvalue weighted by Gasteiger charge is -2.11. The van der Waals surface area contributed by atoms with E-state index in [0.29, 0.717) is 15.9 Å². The van der Waals surface area contributed by atoms with Crippen LogP contribution in [-0.2, 0) is 16.4 Å². The lowest BCUT2D eigenvalue weighted by atomic mass is 10.2. The highest BCUT2D eigenvalue weighted by Gasteiger charge is 2.17. The molecule has 0 atom stereocenters. The largest absolute Gasteiger partial charge is 0.307 e. The Labute approximate surface area is 176 Å². The van der Waals surface area contributed by atoms with Gasteiger partial charge >= 0.3 is 0 Å². The molecule has 0 bridgehead atoms. The third kappa shape index (κ3) is 4.50. The zero-order valence-electron chi connectivity index (χ0n) is 14.5. The molecule has 0 aliphatic rings. The van der Waals surface area contributed by atoms with Gasteiger partial charge in [-0.05, 0) is 29.8 Å². The van der Waals surface area contributed by atoms with Crippen LogP contribution in [0.25, 0.3) is 0 Å². The molecule has 0 aliphatic heterocycles. The molecule has 0 unspecified atom stereocenters. The van der Waals surface area contributed by atoms with Crippen molar-refractivity contribution in [3.05, 3.63) is 74.9 Å². The van der Waals surface area contributed by atoms with Gasteiger partial charge < -0.3 is 5.32 Å². The van der Waals surface area contributed by atoms with Crippen LogP contribution in [0.15, 0.2) is 53.6 Å². The molecule has 28 heavy (non-hydrogen) atoms. The number of hydrogen-bond acceptors (Lipinski definition) is 4. The zero-order valence-corrected chi connectivity index (χ0v) is 17.6. The molecule has 2 aromatic carbocycles. The molecule has 1 amide bonds. The minimum Gasteiger partial charge on any atom is -0.307 e. The van der Waals surface area contributed by atoms with Gasteiger partial charge in [-0.1, -0.05) is 46.9 Å². The van der Waals surface area contributed by atoms with Crippen LogP contribution >= 0.6 is 34.8 Å². The lowest BCUT2D eigenvalue weighted by molar-refractivity contribution is 0.102. The molecule has 10 heteroatoms. The van der Waals surface area contributed by atoms with Crippen LogP contribution in [0, 0.1) is 0 Å². The fourth-order valence-corrected chi connectivity index (χ4v) is 4.20. The Morgan fingerprint density at radius 3 is 2.57 bits per heavy atom. The summed E-state index contributed by atoms with van der Waals surface area (Å²) >= 11 is 18.2. The van der Waals surface area contributed by atoms with E-state index in [-0.39, 0.29) is 22.0 Å². The molecular weight excluding hydrogens is 445 g/mol. The summed E-state index contributed by atoms with van der Waals surface area (Å²) in [5, 5.41) is 7.78. The fraction of sp³-hybridized carbons (Fsp3) is 0.111. The van der Waals surface area contributed by atoms with Crippen LogP contribution < -0.4 is 5.32 Å². The van der Waals surface area contributed by atoms with Gasteiger partial charge in [-0.2, -0.15) is 5.10 Å². The Hall–Kier alpha value is -2.06. The molecule has 3 rings (SSSR count). The smallest absolute Gasteiger partial charge is 0.256 e. The van der Waals surface area contributed by atoms with Crippen molar-refractivity contribution in [3.63, 3.8) is 0 Å². The number of anilines is 1. The minimum absolute atomic E-state index is 0.0553. The van der Waals surface area contributed by atoms with E-state index in [4.69, 9.17) is 34.8 Å². The summed E-state index contributed by atoms with van der Waals surface area (Å²) in [5.41, 5.74) is 0.887. The van der Waals surface area contributed by atoms with Crippen LogP contribution in [0.2, 0.25) is 15.1 Å². The molecule has 6 nitrogen and oxygen atoms in total. The van der Waals surface area contributed by atoms with Crippen molar-refractivity contribution in [2.24, 2.45) is 0 Å². The van der Waals surface area contributed by atoms with E-state index in [1.165, 1.54) is 24.4 Å². The van der Waals surface area contributed by atoms with E-state index in [2.05, 4.69) is 10.4 Å². The molecule has 146 valence electrons.